The first-order chi connectivity index (χ1) is 8.64. The zero-order chi connectivity index (χ0) is 13.0. The lowest BCUT2D eigenvalue weighted by Gasteiger charge is -2.22. The molecule has 0 saturated carbocycles. The van der Waals surface area contributed by atoms with E-state index in [1.807, 2.05) is 24.3 Å². The van der Waals surface area contributed by atoms with Gasteiger partial charge in [-0.05, 0) is 30.5 Å². The van der Waals surface area contributed by atoms with Gasteiger partial charge >= 0.3 is 0 Å². The van der Waals surface area contributed by atoms with Gasteiger partial charge in [-0.2, -0.15) is 4.31 Å². The Hall–Kier alpha value is -0.840. The minimum absolute atomic E-state index is 0.358. The van der Waals surface area contributed by atoms with Crippen LogP contribution in [0.3, 0.4) is 0 Å². The van der Waals surface area contributed by atoms with Crippen LogP contribution in [-0.4, -0.2) is 31.7 Å². The molecule has 0 fully saturated rings. The van der Waals surface area contributed by atoms with Gasteiger partial charge in [0.05, 0.1) is 4.90 Å². The summed E-state index contributed by atoms with van der Waals surface area (Å²) < 4.78 is 26.1. The highest BCUT2D eigenvalue weighted by molar-refractivity contribution is 7.89. The van der Waals surface area contributed by atoms with Crippen LogP contribution < -0.4 is 0 Å². The molecule has 1 aromatic carbocycles. The molecule has 1 heterocycles. The fraction of sp³-hybridized carbons (Fsp3) is 0.385. The zero-order valence-electron chi connectivity index (χ0n) is 10.0. The maximum Gasteiger partial charge on any atom is 0.243 e. The standard InChI is InChI=1S/C13H16ClNO2S/c14-9-8-12-4-6-13(7-5-12)18(16,17)15-10-2-1-3-11-15/h1-2,4-7H,3,8-11H2. The fourth-order valence-electron chi connectivity index (χ4n) is 1.92. The Morgan fingerprint density at radius 3 is 2.44 bits per heavy atom. The van der Waals surface area contributed by atoms with Crippen LogP contribution in [0.25, 0.3) is 0 Å². The first-order valence-corrected chi connectivity index (χ1v) is 7.92. The second-order valence-electron chi connectivity index (χ2n) is 4.21. The molecule has 18 heavy (non-hydrogen) atoms. The van der Waals surface area contributed by atoms with Crippen LogP contribution in [0.4, 0.5) is 0 Å². The predicted molar refractivity (Wildman–Crippen MR) is 73.4 cm³/mol. The van der Waals surface area contributed by atoms with Crippen LogP contribution in [-0.2, 0) is 16.4 Å². The van der Waals surface area contributed by atoms with Gasteiger partial charge in [-0.25, -0.2) is 8.42 Å². The maximum atomic E-state index is 12.3. The molecule has 0 radical (unpaired) electrons. The molecule has 0 unspecified atom stereocenters. The predicted octanol–water partition coefficient (Wildman–Crippen LogP) is 2.42. The molecule has 0 aromatic heterocycles. The highest BCUT2D eigenvalue weighted by Crippen LogP contribution is 2.18. The first kappa shape index (κ1) is 13.6. The van der Waals surface area contributed by atoms with E-state index < -0.39 is 10.0 Å². The van der Waals surface area contributed by atoms with Crippen molar-refractivity contribution in [2.45, 2.75) is 17.7 Å². The summed E-state index contributed by atoms with van der Waals surface area (Å²) in [5, 5.41) is 0. The average molecular weight is 286 g/mol. The molecular formula is C13H16ClNO2S. The van der Waals surface area contributed by atoms with Gasteiger partial charge in [-0.3, -0.25) is 0 Å². The van der Waals surface area contributed by atoms with Crippen molar-refractivity contribution in [3.8, 4) is 0 Å². The van der Waals surface area contributed by atoms with Gasteiger partial charge in [0, 0.05) is 19.0 Å². The van der Waals surface area contributed by atoms with Crippen LogP contribution in [0, 0.1) is 0 Å². The smallest absolute Gasteiger partial charge is 0.207 e. The number of hydrogen-bond acceptors (Lipinski definition) is 2. The Balaban J connectivity index is 2.21. The lowest BCUT2D eigenvalue weighted by atomic mass is 10.2. The number of hydrogen-bond donors (Lipinski definition) is 0. The number of benzene rings is 1. The summed E-state index contributed by atoms with van der Waals surface area (Å²) in [5.74, 6) is 0.545. The van der Waals surface area contributed by atoms with Crippen LogP contribution in [0.5, 0.6) is 0 Å². The van der Waals surface area contributed by atoms with Crippen molar-refractivity contribution in [1.29, 1.82) is 0 Å². The Bertz CT molecular complexity index is 522. The summed E-state index contributed by atoms with van der Waals surface area (Å²) in [6.45, 7) is 1.02. The third-order valence-corrected chi connectivity index (χ3v) is 5.03. The van der Waals surface area contributed by atoms with Gasteiger partial charge in [-0.15, -0.1) is 11.6 Å². The molecular weight excluding hydrogens is 270 g/mol. The number of alkyl halides is 1. The summed E-state index contributed by atoms with van der Waals surface area (Å²) in [4.78, 5) is 0.358. The molecule has 0 N–H and O–H groups in total. The molecule has 0 amide bonds. The van der Waals surface area contributed by atoms with E-state index in [4.69, 9.17) is 11.6 Å². The fourth-order valence-corrected chi connectivity index (χ4v) is 3.55. The number of nitrogens with zero attached hydrogens (tertiary/aromatic N) is 1. The summed E-state index contributed by atoms with van der Waals surface area (Å²) >= 11 is 5.65. The van der Waals surface area contributed by atoms with Crippen molar-refractivity contribution < 1.29 is 8.42 Å². The molecule has 1 aromatic rings. The molecule has 0 aliphatic carbocycles. The number of rotatable bonds is 4. The van der Waals surface area contributed by atoms with Crippen molar-refractivity contribution >= 4 is 21.6 Å². The Morgan fingerprint density at radius 2 is 1.89 bits per heavy atom. The molecule has 2 rings (SSSR count). The van der Waals surface area contributed by atoms with Crippen molar-refractivity contribution in [2.75, 3.05) is 19.0 Å². The van der Waals surface area contributed by atoms with E-state index in [-0.39, 0.29) is 0 Å². The number of aryl methyl sites for hydroxylation is 1. The van der Waals surface area contributed by atoms with Crippen molar-refractivity contribution in [3.05, 3.63) is 42.0 Å². The lowest BCUT2D eigenvalue weighted by molar-refractivity contribution is 0.437. The molecule has 0 bridgehead atoms. The normalized spacial score (nSPS) is 16.9. The van der Waals surface area contributed by atoms with Gasteiger partial charge in [-0.1, -0.05) is 24.3 Å². The third-order valence-electron chi connectivity index (χ3n) is 2.97. The van der Waals surface area contributed by atoms with Crippen molar-refractivity contribution in [1.82, 2.24) is 4.31 Å². The topological polar surface area (TPSA) is 37.4 Å². The minimum atomic E-state index is -3.34. The zero-order valence-corrected chi connectivity index (χ0v) is 11.6. The maximum absolute atomic E-state index is 12.3. The molecule has 1 aliphatic heterocycles. The van der Waals surface area contributed by atoms with E-state index in [9.17, 15) is 8.42 Å². The van der Waals surface area contributed by atoms with E-state index in [0.717, 1.165) is 18.4 Å². The van der Waals surface area contributed by atoms with Gasteiger partial charge < -0.3 is 0 Å². The Kier molecular flexibility index (Phi) is 4.43. The van der Waals surface area contributed by atoms with E-state index >= 15 is 0 Å². The molecule has 98 valence electrons. The van der Waals surface area contributed by atoms with Crippen LogP contribution in [0.2, 0.25) is 0 Å². The van der Waals surface area contributed by atoms with Crippen LogP contribution in [0.15, 0.2) is 41.3 Å². The molecule has 0 atom stereocenters. The monoisotopic (exact) mass is 285 g/mol. The van der Waals surface area contributed by atoms with Gasteiger partial charge in [0.15, 0.2) is 0 Å². The third kappa shape index (κ3) is 2.94. The highest BCUT2D eigenvalue weighted by atomic mass is 35.5. The summed E-state index contributed by atoms with van der Waals surface area (Å²) in [5.41, 5.74) is 1.06. The lowest BCUT2D eigenvalue weighted by Crippen LogP contribution is -2.33. The minimum Gasteiger partial charge on any atom is -0.207 e. The molecule has 1 aliphatic rings. The first-order valence-electron chi connectivity index (χ1n) is 5.94. The summed E-state index contributed by atoms with van der Waals surface area (Å²) in [7, 11) is -3.34. The number of sulfonamides is 1. The van der Waals surface area contributed by atoms with E-state index in [2.05, 4.69) is 0 Å². The highest BCUT2D eigenvalue weighted by Gasteiger charge is 2.23. The molecule has 0 spiro atoms. The summed E-state index contributed by atoms with van der Waals surface area (Å²) in [6, 6.07) is 6.98. The van der Waals surface area contributed by atoms with E-state index in [0.29, 0.717) is 23.9 Å². The molecule has 3 nitrogen and oxygen atoms in total. The molecule has 5 heteroatoms. The SMILES string of the molecule is O=S(=O)(c1ccc(CCCl)cc1)N1CC=CCC1. The second-order valence-corrected chi connectivity index (χ2v) is 6.52. The van der Waals surface area contributed by atoms with E-state index in [1.165, 1.54) is 4.31 Å². The van der Waals surface area contributed by atoms with Gasteiger partial charge in [0.25, 0.3) is 0 Å². The Morgan fingerprint density at radius 1 is 1.17 bits per heavy atom. The second kappa shape index (κ2) is 5.87. The van der Waals surface area contributed by atoms with Gasteiger partial charge in [0.1, 0.15) is 0 Å². The average Bonchev–Trinajstić information content (AvgIpc) is 2.41. The number of halogens is 1. The quantitative estimate of drug-likeness (QED) is 0.629. The Labute approximate surface area is 113 Å². The van der Waals surface area contributed by atoms with E-state index in [1.54, 1.807) is 12.1 Å². The van der Waals surface area contributed by atoms with Gasteiger partial charge in [0.2, 0.25) is 10.0 Å². The summed E-state index contributed by atoms with van der Waals surface area (Å²) in [6.07, 6.45) is 5.44. The van der Waals surface area contributed by atoms with Crippen LogP contribution in [0.1, 0.15) is 12.0 Å². The largest absolute Gasteiger partial charge is 0.243 e. The van der Waals surface area contributed by atoms with Crippen LogP contribution >= 0.6 is 11.6 Å². The van der Waals surface area contributed by atoms with Crippen molar-refractivity contribution in [3.63, 3.8) is 0 Å². The van der Waals surface area contributed by atoms with Crippen molar-refractivity contribution in [2.24, 2.45) is 0 Å². The molecule has 0 saturated heterocycles.